The summed E-state index contributed by atoms with van der Waals surface area (Å²) in [5, 5.41) is 5.67. The first-order chi connectivity index (χ1) is 12.6. The summed E-state index contributed by atoms with van der Waals surface area (Å²) in [5.74, 6) is 1.49. The van der Waals surface area contributed by atoms with Crippen LogP contribution >= 0.6 is 0 Å². The minimum absolute atomic E-state index is 0.180. The molecule has 2 amide bonds. The van der Waals surface area contributed by atoms with Crippen LogP contribution in [0.3, 0.4) is 0 Å². The van der Waals surface area contributed by atoms with Crippen LogP contribution in [0.25, 0.3) is 0 Å². The Hall–Kier alpha value is -3.34. The average Bonchev–Trinajstić information content (AvgIpc) is 2.66. The van der Waals surface area contributed by atoms with E-state index in [1.807, 2.05) is 68.4 Å². The van der Waals surface area contributed by atoms with E-state index in [0.29, 0.717) is 11.4 Å². The van der Waals surface area contributed by atoms with Crippen molar-refractivity contribution in [2.45, 2.75) is 19.9 Å². The third kappa shape index (κ3) is 4.83. The SMILES string of the molecule is Cc1ccc(Oc2ccc(NC(=O)NC(C)c3ccccn3)cc2)cc1. The number of pyridine rings is 1. The molecule has 0 aliphatic rings. The lowest BCUT2D eigenvalue weighted by Crippen LogP contribution is -2.31. The van der Waals surface area contributed by atoms with Gasteiger partial charge in [0.15, 0.2) is 0 Å². The van der Waals surface area contributed by atoms with Crippen molar-refractivity contribution in [2.24, 2.45) is 0 Å². The Bertz CT molecular complexity index is 847. The number of anilines is 1. The van der Waals surface area contributed by atoms with Gasteiger partial charge in [0.2, 0.25) is 0 Å². The maximum Gasteiger partial charge on any atom is 0.319 e. The summed E-state index contributed by atoms with van der Waals surface area (Å²) in [6.07, 6.45) is 1.71. The van der Waals surface area contributed by atoms with Gasteiger partial charge in [0.25, 0.3) is 0 Å². The van der Waals surface area contributed by atoms with Crippen molar-refractivity contribution in [3.63, 3.8) is 0 Å². The number of amides is 2. The number of ether oxygens (including phenoxy) is 1. The standard InChI is InChI=1S/C21H21N3O2/c1-15-6-10-18(11-7-15)26-19-12-8-17(9-13-19)24-21(25)23-16(2)20-5-3-4-14-22-20/h3-14,16H,1-2H3,(H2,23,24,25). The lowest BCUT2D eigenvalue weighted by Gasteiger charge is -2.14. The van der Waals surface area contributed by atoms with E-state index in [4.69, 9.17) is 4.74 Å². The second-order valence-corrected chi connectivity index (χ2v) is 6.01. The molecule has 0 aliphatic carbocycles. The molecule has 0 bridgehead atoms. The topological polar surface area (TPSA) is 63.2 Å². The smallest absolute Gasteiger partial charge is 0.319 e. The zero-order valence-electron chi connectivity index (χ0n) is 14.8. The van der Waals surface area contributed by atoms with E-state index < -0.39 is 0 Å². The number of nitrogens with one attached hydrogen (secondary N) is 2. The second-order valence-electron chi connectivity index (χ2n) is 6.01. The Kier molecular flexibility index (Phi) is 5.49. The Balaban J connectivity index is 1.55. The molecule has 1 heterocycles. The van der Waals surface area contributed by atoms with Gasteiger partial charge >= 0.3 is 6.03 Å². The molecule has 2 N–H and O–H groups in total. The van der Waals surface area contributed by atoms with Crippen molar-refractivity contribution < 1.29 is 9.53 Å². The maximum absolute atomic E-state index is 12.1. The first kappa shape index (κ1) is 17.5. The third-order valence-corrected chi connectivity index (χ3v) is 3.85. The van der Waals surface area contributed by atoms with Crippen LogP contribution in [0.4, 0.5) is 10.5 Å². The zero-order valence-corrected chi connectivity index (χ0v) is 14.8. The molecule has 0 saturated heterocycles. The van der Waals surface area contributed by atoms with E-state index in [2.05, 4.69) is 15.6 Å². The first-order valence-electron chi connectivity index (χ1n) is 8.43. The van der Waals surface area contributed by atoms with Crippen LogP contribution in [0.1, 0.15) is 24.2 Å². The van der Waals surface area contributed by atoms with Crippen molar-refractivity contribution >= 4 is 11.7 Å². The summed E-state index contributed by atoms with van der Waals surface area (Å²) < 4.78 is 5.78. The monoisotopic (exact) mass is 347 g/mol. The highest BCUT2D eigenvalue weighted by molar-refractivity contribution is 5.89. The van der Waals surface area contributed by atoms with Gasteiger partial charge in [0.1, 0.15) is 11.5 Å². The summed E-state index contributed by atoms with van der Waals surface area (Å²) in [5.41, 5.74) is 2.68. The number of hydrogen-bond acceptors (Lipinski definition) is 3. The van der Waals surface area contributed by atoms with Gasteiger partial charge in [0, 0.05) is 11.9 Å². The normalized spacial score (nSPS) is 11.5. The van der Waals surface area contributed by atoms with E-state index in [9.17, 15) is 4.79 Å². The van der Waals surface area contributed by atoms with Gasteiger partial charge in [-0.2, -0.15) is 0 Å². The highest BCUT2D eigenvalue weighted by Crippen LogP contribution is 2.23. The molecule has 0 fully saturated rings. The molecule has 0 radical (unpaired) electrons. The number of urea groups is 1. The van der Waals surface area contributed by atoms with Crippen molar-refractivity contribution in [2.75, 3.05) is 5.32 Å². The van der Waals surface area contributed by atoms with Crippen molar-refractivity contribution in [1.29, 1.82) is 0 Å². The largest absolute Gasteiger partial charge is 0.457 e. The molecule has 5 nitrogen and oxygen atoms in total. The summed E-state index contributed by atoms with van der Waals surface area (Å²) in [6, 6.07) is 20.2. The predicted molar refractivity (Wildman–Crippen MR) is 103 cm³/mol. The minimum atomic E-state index is -0.282. The lowest BCUT2D eigenvalue weighted by molar-refractivity contribution is 0.249. The molecule has 132 valence electrons. The molecule has 3 aromatic rings. The van der Waals surface area contributed by atoms with E-state index in [-0.39, 0.29) is 12.1 Å². The van der Waals surface area contributed by atoms with Gasteiger partial charge in [-0.25, -0.2) is 4.79 Å². The summed E-state index contributed by atoms with van der Waals surface area (Å²) in [4.78, 5) is 16.4. The molecule has 3 rings (SSSR count). The third-order valence-electron chi connectivity index (χ3n) is 3.85. The Morgan fingerprint density at radius 2 is 1.62 bits per heavy atom. The number of carbonyl (C=O) groups is 1. The van der Waals surface area contributed by atoms with Gasteiger partial charge in [-0.15, -0.1) is 0 Å². The van der Waals surface area contributed by atoms with Crippen LogP contribution in [-0.4, -0.2) is 11.0 Å². The minimum Gasteiger partial charge on any atom is -0.457 e. The molecule has 2 aromatic carbocycles. The van der Waals surface area contributed by atoms with Gasteiger partial charge in [-0.3, -0.25) is 4.98 Å². The first-order valence-corrected chi connectivity index (χ1v) is 8.43. The van der Waals surface area contributed by atoms with Gasteiger partial charge in [-0.1, -0.05) is 23.8 Å². The van der Waals surface area contributed by atoms with E-state index >= 15 is 0 Å². The molecule has 26 heavy (non-hydrogen) atoms. The summed E-state index contributed by atoms with van der Waals surface area (Å²) in [7, 11) is 0. The summed E-state index contributed by atoms with van der Waals surface area (Å²) >= 11 is 0. The van der Waals surface area contributed by atoms with E-state index in [1.54, 1.807) is 18.3 Å². The average molecular weight is 347 g/mol. The number of hydrogen-bond donors (Lipinski definition) is 2. The lowest BCUT2D eigenvalue weighted by atomic mass is 10.2. The van der Waals surface area contributed by atoms with E-state index in [1.165, 1.54) is 5.56 Å². The Labute approximate surface area is 153 Å². The highest BCUT2D eigenvalue weighted by atomic mass is 16.5. The highest BCUT2D eigenvalue weighted by Gasteiger charge is 2.10. The number of nitrogens with zero attached hydrogens (tertiary/aromatic N) is 1. The summed E-state index contributed by atoms with van der Waals surface area (Å²) in [6.45, 7) is 3.92. The Morgan fingerprint density at radius 1 is 0.962 bits per heavy atom. The number of rotatable bonds is 5. The molecule has 5 heteroatoms. The predicted octanol–water partition coefficient (Wildman–Crippen LogP) is 5.07. The van der Waals surface area contributed by atoms with Crippen LogP contribution < -0.4 is 15.4 Å². The quantitative estimate of drug-likeness (QED) is 0.678. The second kappa shape index (κ2) is 8.16. The van der Waals surface area contributed by atoms with Crippen LogP contribution in [-0.2, 0) is 0 Å². The molecule has 1 atom stereocenters. The number of benzene rings is 2. The molecular weight excluding hydrogens is 326 g/mol. The van der Waals surface area contributed by atoms with Crippen LogP contribution in [0.2, 0.25) is 0 Å². The van der Waals surface area contributed by atoms with Crippen molar-refractivity contribution in [3.05, 3.63) is 84.2 Å². The van der Waals surface area contributed by atoms with Gasteiger partial charge in [0.05, 0.1) is 11.7 Å². The molecular formula is C21H21N3O2. The fourth-order valence-corrected chi connectivity index (χ4v) is 2.42. The zero-order chi connectivity index (χ0) is 18.4. The molecule has 0 aliphatic heterocycles. The number of aryl methyl sites for hydroxylation is 1. The van der Waals surface area contributed by atoms with Crippen LogP contribution in [0, 0.1) is 6.92 Å². The van der Waals surface area contributed by atoms with E-state index in [0.717, 1.165) is 11.4 Å². The van der Waals surface area contributed by atoms with Gasteiger partial charge in [-0.05, 0) is 62.4 Å². The molecule has 1 aromatic heterocycles. The Morgan fingerprint density at radius 3 is 2.23 bits per heavy atom. The van der Waals surface area contributed by atoms with Crippen molar-refractivity contribution in [3.8, 4) is 11.5 Å². The number of aromatic nitrogens is 1. The molecule has 0 saturated carbocycles. The van der Waals surface area contributed by atoms with Crippen molar-refractivity contribution in [1.82, 2.24) is 10.3 Å². The van der Waals surface area contributed by atoms with Crippen LogP contribution in [0.15, 0.2) is 72.9 Å². The molecule has 1 unspecified atom stereocenters. The maximum atomic E-state index is 12.1. The fourth-order valence-electron chi connectivity index (χ4n) is 2.42. The van der Waals surface area contributed by atoms with Crippen LogP contribution in [0.5, 0.6) is 11.5 Å². The fraction of sp³-hybridized carbons (Fsp3) is 0.143. The van der Waals surface area contributed by atoms with Gasteiger partial charge < -0.3 is 15.4 Å². The number of carbonyl (C=O) groups excluding carboxylic acids is 1. The molecule has 0 spiro atoms.